The number of hydrogen-bond acceptors (Lipinski definition) is 4. The van der Waals surface area contributed by atoms with Crippen LogP contribution in [0.4, 0.5) is 10.1 Å². The van der Waals surface area contributed by atoms with Crippen molar-refractivity contribution in [3.8, 4) is 0 Å². The molecule has 4 rings (SSSR count). The molecule has 0 saturated carbocycles. The van der Waals surface area contributed by atoms with Gasteiger partial charge in [0, 0.05) is 22.7 Å². The first kappa shape index (κ1) is 22.3. The van der Waals surface area contributed by atoms with Crippen LogP contribution in [-0.2, 0) is 10.5 Å². The number of nitrogens with one attached hydrogen (secondary N) is 1. The lowest BCUT2D eigenvalue weighted by Gasteiger charge is -2.19. The Morgan fingerprint density at radius 3 is 2.78 bits per heavy atom. The van der Waals surface area contributed by atoms with Crippen LogP contribution in [0.25, 0.3) is 11.2 Å². The van der Waals surface area contributed by atoms with Crippen molar-refractivity contribution in [3.63, 3.8) is 0 Å². The number of fused-ring (bicyclic) bond motifs is 1. The molecule has 0 aliphatic carbocycles. The number of thioether (sulfide) groups is 1. The van der Waals surface area contributed by atoms with Crippen LogP contribution >= 0.6 is 23.4 Å². The number of carbonyl (C=O) groups is 1. The van der Waals surface area contributed by atoms with Gasteiger partial charge in [-0.3, -0.25) is 9.36 Å². The maximum absolute atomic E-state index is 14.1. The molecule has 1 atom stereocenters. The highest BCUT2D eigenvalue weighted by Gasteiger charge is 2.25. The highest BCUT2D eigenvalue weighted by atomic mass is 35.5. The number of imidazole rings is 1. The van der Waals surface area contributed by atoms with Crippen LogP contribution in [-0.4, -0.2) is 20.4 Å². The van der Waals surface area contributed by atoms with Gasteiger partial charge in [-0.1, -0.05) is 54.6 Å². The van der Waals surface area contributed by atoms with Crippen LogP contribution in [0, 0.1) is 12.7 Å². The molecular weight excluding hydrogens is 447 g/mol. The zero-order chi connectivity index (χ0) is 22.7. The number of anilines is 1. The Hall–Kier alpha value is -2.90. The fourth-order valence-corrected chi connectivity index (χ4v) is 4.65. The van der Waals surface area contributed by atoms with E-state index in [0.717, 1.165) is 5.56 Å². The number of aromatic nitrogens is 3. The third kappa shape index (κ3) is 4.64. The van der Waals surface area contributed by atoms with Gasteiger partial charge in [-0.05, 0) is 54.8 Å². The number of halogens is 2. The Morgan fingerprint density at radius 2 is 2.03 bits per heavy atom. The standard InChI is InChI=1S/C24H22ClFN4OS/c1-3-21(23(31)28-17-11-10-15(2)18(25)13-17)30-22-20(9-6-12-27-22)29-24(30)32-14-16-7-4-5-8-19(16)26/h4-13,21H,3,14H2,1-2H3,(H,28,31). The van der Waals surface area contributed by atoms with E-state index >= 15 is 0 Å². The number of pyridine rings is 1. The summed E-state index contributed by atoms with van der Waals surface area (Å²) < 4.78 is 16.0. The highest BCUT2D eigenvalue weighted by molar-refractivity contribution is 7.98. The summed E-state index contributed by atoms with van der Waals surface area (Å²) in [7, 11) is 0. The second-order valence-corrected chi connectivity index (χ2v) is 8.72. The molecule has 8 heteroatoms. The van der Waals surface area contributed by atoms with E-state index in [1.807, 2.05) is 36.6 Å². The van der Waals surface area contributed by atoms with E-state index in [9.17, 15) is 9.18 Å². The molecule has 1 unspecified atom stereocenters. The Balaban J connectivity index is 1.67. The molecule has 0 radical (unpaired) electrons. The third-order valence-electron chi connectivity index (χ3n) is 5.17. The first-order chi connectivity index (χ1) is 15.5. The number of nitrogens with zero attached hydrogens (tertiary/aromatic N) is 3. The van der Waals surface area contributed by atoms with E-state index in [1.54, 1.807) is 36.5 Å². The first-order valence-electron chi connectivity index (χ1n) is 10.2. The number of amides is 1. The monoisotopic (exact) mass is 468 g/mol. The fraction of sp³-hybridized carbons (Fsp3) is 0.208. The Morgan fingerprint density at radius 1 is 1.22 bits per heavy atom. The molecule has 0 spiro atoms. The minimum Gasteiger partial charge on any atom is -0.324 e. The summed E-state index contributed by atoms with van der Waals surface area (Å²) in [5.41, 5.74) is 3.45. The van der Waals surface area contributed by atoms with Crippen LogP contribution in [0.1, 0.15) is 30.5 Å². The molecule has 1 amide bonds. The quantitative estimate of drug-likeness (QED) is 0.318. The first-order valence-corrected chi connectivity index (χ1v) is 11.6. The summed E-state index contributed by atoms with van der Waals surface area (Å²) in [6, 6.07) is 15.2. The zero-order valence-corrected chi connectivity index (χ0v) is 19.3. The smallest absolute Gasteiger partial charge is 0.247 e. The van der Waals surface area contributed by atoms with Crippen LogP contribution < -0.4 is 5.32 Å². The maximum Gasteiger partial charge on any atom is 0.247 e. The van der Waals surface area contributed by atoms with Crippen molar-refractivity contribution >= 4 is 46.1 Å². The van der Waals surface area contributed by atoms with Crippen molar-refractivity contribution < 1.29 is 9.18 Å². The van der Waals surface area contributed by atoms with Crippen molar-refractivity contribution in [2.75, 3.05) is 5.32 Å². The zero-order valence-electron chi connectivity index (χ0n) is 17.7. The maximum atomic E-state index is 14.1. The number of rotatable bonds is 7. The second kappa shape index (κ2) is 9.71. The lowest BCUT2D eigenvalue weighted by molar-refractivity contribution is -0.119. The van der Waals surface area contributed by atoms with E-state index in [1.165, 1.54) is 17.8 Å². The SMILES string of the molecule is CCC(C(=O)Nc1ccc(C)c(Cl)c1)n1c(SCc2ccccc2F)nc2cccnc21. The largest absolute Gasteiger partial charge is 0.324 e. The minimum absolute atomic E-state index is 0.190. The van der Waals surface area contributed by atoms with Gasteiger partial charge in [-0.2, -0.15) is 0 Å². The molecule has 0 fully saturated rings. The molecule has 32 heavy (non-hydrogen) atoms. The van der Waals surface area contributed by atoms with Crippen LogP contribution in [0.2, 0.25) is 5.02 Å². The molecular formula is C24H22ClFN4OS. The van der Waals surface area contributed by atoms with Gasteiger partial charge < -0.3 is 5.32 Å². The van der Waals surface area contributed by atoms with Gasteiger partial charge in [0.2, 0.25) is 5.91 Å². The second-order valence-electron chi connectivity index (χ2n) is 7.37. The predicted molar refractivity (Wildman–Crippen MR) is 128 cm³/mol. The van der Waals surface area contributed by atoms with Crippen molar-refractivity contribution in [2.45, 2.75) is 37.2 Å². The van der Waals surface area contributed by atoms with Crippen LogP contribution in [0.5, 0.6) is 0 Å². The summed E-state index contributed by atoms with van der Waals surface area (Å²) in [4.78, 5) is 22.4. The number of aryl methyl sites for hydroxylation is 1. The molecule has 0 saturated heterocycles. The van der Waals surface area contributed by atoms with E-state index in [4.69, 9.17) is 11.6 Å². The molecule has 2 aromatic carbocycles. The Bertz CT molecular complexity index is 1280. The van der Waals surface area contributed by atoms with E-state index in [-0.39, 0.29) is 11.7 Å². The molecule has 2 heterocycles. The van der Waals surface area contributed by atoms with Gasteiger partial charge in [0.05, 0.1) is 0 Å². The van der Waals surface area contributed by atoms with Gasteiger partial charge in [0.15, 0.2) is 10.8 Å². The van der Waals surface area contributed by atoms with E-state index < -0.39 is 6.04 Å². The molecule has 4 aromatic rings. The minimum atomic E-state index is -0.543. The van der Waals surface area contributed by atoms with Crippen LogP contribution in [0.3, 0.4) is 0 Å². The summed E-state index contributed by atoms with van der Waals surface area (Å²) in [6.07, 6.45) is 2.21. The summed E-state index contributed by atoms with van der Waals surface area (Å²) in [6.45, 7) is 3.84. The predicted octanol–water partition coefficient (Wildman–Crippen LogP) is 6.41. The molecule has 5 nitrogen and oxygen atoms in total. The van der Waals surface area contributed by atoms with Crippen molar-refractivity contribution in [2.24, 2.45) is 0 Å². The lowest BCUT2D eigenvalue weighted by atomic mass is 10.2. The molecule has 164 valence electrons. The van der Waals surface area contributed by atoms with Gasteiger partial charge in [0.1, 0.15) is 17.4 Å². The fourth-order valence-electron chi connectivity index (χ4n) is 3.43. The van der Waals surface area contributed by atoms with Gasteiger partial charge in [0.25, 0.3) is 0 Å². The molecule has 0 aliphatic rings. The van der Waals surface area contributed by atoms with E-state index in [0.29, 0.717) is 44.8 Å². The van der Waals surface area contributed by atoms with Crippen molar-refractivity contribution in [3.05, 3.63) is 82.8 Å². The van der Waals surface area contributed by atoms with Gasteiger partial charge >= 0.3 is 0 Å². The molecule has 0 aliphatic heterocycles. The average molecular weight is 469 g/mol. The Kier molecular flexibility index (Phi) is 6.77. The van der Waals surface area contributed by atoms with Crippen molar-refractivity contribution in [1.82, 2.24) is 14.5 Å². The Labute approximate surface area is 195 Å². The average Bonchev–Trinajstić information content (AvgIpc) is 3.15. The number of carbonyl (C=O) groups excluding carboxylic acids is 1. The van der Waals surface area contributed by atoms with Crippen molar-refractivity contribution in [1.29, 1.82) is 0 Å². The summed E-state index contributed by atoms with van der Waals surface area (Å²) in [5, 5.41) is 4.16. The molecule has 0 bridgehead atoms. The van der Waals surface area contributed by atoms with Gasteiger partial charge in [-0.15, -0.1) is 0 Å². The highest BCUT2D eigenvalue weighted by Crippen LogP contribution is 2.31. The van der Waals surface area contributed by atoms with E-state index in [2.05, 4.69) is 15.3 Å². The molecule has 2 aromatic heterocycles. The third-order valence-corrected chi connectivity index (χ3v) is 6.58. The topological polar surface area (TPSA) is 59.8 Å². The normalized spacial score (nSPS) is 12.1. The summed E-state index contributed by atoms with van der Waals surface area (Å²) >= 11 is 7.60. The number of hydrogen-bond donors (Lipinski definition) is 1. The summed E-state index contributed by atoms with van der Waals surface area (Å²) in [5.74, 6) is -0.0614. The van der Waals surface area contributed by atoms with Gasteiger partial charge in [-0.25, -0.2) is 14.4 Å². The molecule has 1 N–H and O–H groups in total. The number of benzene rings is 2. The lowest BCUT2D eigenvalue weighted by Crippen LogP contribution is -2.26. The van der Waals surface area contributed by atoms with Crippen LogP contribution in [0.15, 0.2) is 66.0 Å².